The monoisotopic (exact) mass is 494 g/mol. The van der Waals surface area contributed by atoms with E-state index in [9.17, 15) is 35.1 Å². The predicted molar refractivity (Wildman–Crippen MR) is 113 cm³/mol. The van der Waals surface area contributed by atoms with Crippen LogP contribution in [0, 0.1) is 41.8 Å². The molecule has 0 aliphatic heterocycles. The lowest BCUT2D eigenvalue weighted by Crippen LogP contribution is -2.25. The van der Waals surface area contributed by atoms with Gasteiger partial charge in [-0.1, -0.05) is 24.3 Å². The third kappa shape index (κ3) is 4.71. The topological polar surface area (TPSA) is 9.23 Å². The number of aryl methyl sites for hydroxylation is 1. The molecule has 0 amide bonds. The van der Waals surface area contributed by atoms with Crippen LogP contribution in [0.25, 0.3) is 22.3 Å². The highest BCUT2D eigenvalue weighted by Gasteiger charge is 2.41. The Bertz CT molecular complexity index is 1390. The van der Waals surface area contributed by atoms with E-state index in [0.29, 0.717) is 29.3 Å². The normalized spacial score (nSPS) is 11.6. The molecule has 0 bridgehead atoms. The Kier molecular flexibility index (Phi) is 6.27. The minimum atomic E-state index is -4.54. The first-order chi connectivity index (χ1) is 16.5. The molecule has 0 aliphatic carbocycles. The van der Waals surface area contributed by atoms with Crippen LogP contribution in [0.2, 0.25) is 0 Å². The average Bonchev–Trinajstić information content (AvgIpc) is 2.76. The van der Waals surface area contributed by atoms with Crippen LogP contribution in [-0.2, 0) is 6.11 Å². The summed E-state index contributed by atoms with van der Waals surface area (Å²) in [7, 11) is 0. The Morgan fingerprint density at radius 2 is 1.14 bits per heavy atom. The van der Waals surface area contributed by atoms with Crippen molar-refractivity contribution in [1.82, 2.24) is 0 Å². The van der Waals surface area contributed by atoms with E-state index in [0.717, 1.165) is 24.3 Å². The Hall–Kier alpha value is -3.88. The van der Waals surface area contributed by atoms with Crippen molar-refractivity contribution in [2.75, 3.05) is 0 Å². The molecule has 0 N–H and O–H groups in total. The summed E-state index contributed by atoms with van der Waals surface area (Å²) in [4.78, 5) is 0. The molecular formula is C26H14F8O. The summed E-state index contributed by atoms with van der Waals surface area (Å²) in [5, 5.41) is 0. The SMILES string of the molecule is Cc1ccccc1-c1cc(F)c(C(F)(F)Oc2ccc(-c3cc(F)c(F)c(F)c3)c(F)c2)c(F)c1. The zero-order chi connectivity index (χ0) is 25.5. The van der Waals surface area contributed by atoms with Crippen molar-refractivity contribution in [3.63, 3.8) is 0 Å². The molecular weight excluding hydrogens is 480 g/mol. The molecule has 0 aliphatic rings. The molecule has 0 saturated heterocycles. The van der Waals surface area contributed by atoms with Gasteiger partial charge in [-0.05, 0) is 65.6 Å². The summed E-state index contributed by atoms with van der Waals surface area (Å²) in [5.74, 6) is -10.1. The molecule has 4 aromatic carbocycles. The lowest BCUT2D eigenvalue weighted by Gasteiger charge is -2.20. The highest BCUT2D eigenvalue weighted by Crippen LogP contribution is 2.38. The van der Waals surface area contributed by atoms with E-state index in [1.165, 1.54) is 0 Å². The molecule has 180 valence electrons. The van der Waals surface area contributed by atoms with Gasteiger partial charge >= 0.3 is 6.11 Å². The standard InChI is InChI=1S/C26H14F8O/c1-13-4-2-3-5-17(13)14-8-20(28)24(21(29)9-14)26(33,34)35-16-6-7-18(19(27)12-16)15-10-22(30)25(32)23(31)11-15/h2-12H,1H3. The number of benzene rings is 4. The Morgan fingerprint density at radius 1 is 0.600 bits per heavy atom. The Morgan fingerprint density at radius 3 is 1.71 bits per heavy atom. The lowest BCUT2D eigenvalue weighted by molar-refractivity contribution is -0.189. The van der Waals surface area contributed by atoms with Gasteiger partial charge < -0.3 is 4.74 Å². The molecule has 0 heterocycles. The Balaban J connectivity index is 1.65. The minimum Gasteiger partial charge on any atom is -0.429 e. The van der Waals surface area contributed by atoms with E-state index in [1.54, 1.807) is 31.2 Å². The van der Waals surface area contributed by atoms with Gasteiger partial charge in [0, 0.05) is 11.6 Å². The third-order valence-corrected chi connectivity index (χ3v) is 5.27. The second-order valence-electron chi connectivity index (χ2n) is 7.64. The minimum absolute atomic E-state index is 0.0341. The van der Waals surface area contributed by atoms with E-state index in [1.807, 2.05) is 0 Å². The van der Waals surface area contributed by atoms with Crippen LogP contribution in [0.1, 0.15) is 11.1 Å². The summed E-state index contributed by atoms with van der Waals surface area (Å²) >= 11 is 0. The fourth-order valence-corrected chi connectivity index (χ4v) is 3.61. The average molecular weight is 494 g/mol. The van der Waals surface area contributed by atoms with Gasteiger partial charge in [-0.2, -0.15) is 8.78 Å². The largest absolute Gasteiger partial charge is 0.432 e. The van der Waals surface area contributed by atoms with Gasteiger partial charge in [0.1, 0.15) is 28.8 Å². The van der Waals surface area contributed by atoms with E-state index in [2.05, 4.69) is 4.74 Å². The van der Waals surface area contributed by atoms with Gasteiger partial charge in [-0.15, -0.1) is 0 Å². The van der Waals surface area contributed by atoms with Crippen LogP contribution in [0.4, 0.5) is 35.1 Å². The predicted octanol–water partition coefficient (Wildman–Crippen LogP) is 8.29. The van der Waals surface area contributed by atoms with Crippen LogP contribution < -0.4 is 4.74 Å². The van der Waals surface area contributed by atoms with E-state index >= 15 is 0 Å². The van der Waals surface area contributed by atoms with Crippen molar-refractivity contribution in [2.45, 2.75) is 13.0 Å². The molecule has 1 nitrogen and oxygen atoms in total. The summed E-state index contributed by atoms with van der Waals surface area (Å²) in [5.41, 5.74) is -1.39. The van der Waals surface area contributed by atoms with E-state index < -0.39 is 63.5 Å². The molecule has 0 fully saturated rings. The quantitative estimate of drug-likeness (QED) is 0.200. The summed E-state index contributed by atoms with van der Waals surface area (Å²) in [6.45, 7) is 1.68. The van der Waals surface area contributed by atoms with E-state index in [4.69, 9.17) is 0 Å². The number of hydrogen-bond donors (Lipinski definition) is 0. The first-order valence-corrected chi connectivity index (χ1v) is 10.0. The van der Waals surface area contributed by atoms with Crippen molar-refractivity contribution in [3.8, 4) is 28.0 Å². The molecule has 4 rings (SSSR count). The van der Waals surface area contributed by atoms with Gasteiger partial charge in [0.15, 0.2) is 17.5 Å². The van der Waals surface area contributed by atoms with Gasteiger partial charge in [-0.3, -0.25) is 0 Å². The Labute approximate surface area is 194 Å². The summed E-state index contributed by atoms with van der Waals surface area (Å²) in [6, 6.07) is 11.2. The van der Waals surface area contributed by atoms with E-state index in [-0.39, 0.29) is 5.56 Å². The van der Waals surface area contributed by atoms with Crippen molar-refractivity contribution in [2.24, 2.45) is 0 Å². The first-order valence-electron chi connectivity index (χ1n) is 10.0. The maximum absolute atomic E-state index is 14.7. The molecule has 0 saturated carbocycles. The maximum Gasteiger partial charge on any atom is 0.432 e. The second kappa shape index (κ2) is 9.05. The molecule has 0 atom stereocenters. The van der Waals surface area contributed by atoms with Crippen LogP contribution in [0.3, 0.4) is 0 Å². The number of rotatable bonds is 5. The van der Waals surface area contributed by atoms with Crippen LogP contribution in [0.15, 0.2) is 66.7 Å². The van der Waals surface area contributed by atoms with Crippen LogP contribution in [0.5, 0.6) is 5.75 Å². The molecule has 35 heavy (non-hydrogen) atoms. The van der Waals surface area contributed by atoms with Crippen molar-refractivity contribution in [1.29, 1.82) is 0 Å². The van der Waals surface area contributed by atoms with Crippen molar-refractivity contribution < 1.29 is 39.9 Å². The zero-order valence-corrected chi connectivity index (χ0v) is 17.8. The van der Waals surface area contributed by atoms with Crippen LogP contribution >= 0.6 is 0 Å². The molecule has 0 unspecified atom stereocenters. The van der Waals surface area contributed by atoms with Crippen LogP contribution in [-0.4, -0.2) is 0 Å². The van der Waals surface area contributed by atoms with Crippen molar-refractivity contribution >= 4 is 0 Å². The highest BCUT2D eigenvalue weighted by atomic mass is 19.3. The maximum atomic E-state index is 14.7. The number of ether oxygens (including phenoxy) is 1. The smallest absolute Gasteiger partial charge is 0.429 e. The first kappa shape index (κ1) is 24.3. The molecule has 0 aromatic heterocycles. The van der Waals surface area contributed by atoms with Crippen molar-refractivity contribution in [3.05, 3.63) is 113 Å². The number of halogens is 8. The van der Waals surface area contributed by atoms with Gasteiger partial charge in [0.25, 0.3) is 0 Å². The summed E-state index contributed by atoms with van der Waals surface area (Å²) in [6.07, 6.45) is -4.54. The summed E-state index contributed by atoms with van der Waals surface area (Å²) < 4.78 is 118. The fraction of sp³-hybridized carbons (Fsp3) is 0.0769. The molecule has 9 heteroatoms. The molecule has 0 radical (unpaired) electrons. The van der Waals surface area contributed by atoms with Gasteiger partial charge in [-0.25, -0.2) is 26.3 Å². The van der Waals surface area contributed by atoms with Gasteiger partial charge in [0.2, 0.25) is 0 Å². The highest BCUT2D eigenvalue weighted by molar-refractivity contribution is 5.68. The molecule has 4 aromatic rings. The third-order valence-electron chi connectivity index (χ3n) is 5.27. The molecule has 0 spiro atoms. The van der Waals surface area contributed by atoms with Gasteiger partial charge in [0.05, 0.1) is 0 Å². The number of alkyl halides is 2. The number of hydrogen-bond acceptors (Lipinski definition) is 1. The lowest BCUT2D eigenvalue weighted by atomic mass is 9.98. The fourth-order valence-electron chi connectivity index (χ4n) is 3.61. The second-order valence-corrected chi connectivity index (χ2v) is 7.64. The zero-order valence-electron chi connectivity index (χ0n) is 17.8.